The van der Waals surface area contributed by atoms with E-state index in [1.165, 1.54) is 24.4 Å². The van der Waals surface area contributed by atoms with Gasteiger partial charge < -0.3 is 14.8 Å². The summed E-state index contributed by atoms with van der Waals surface area (Å²) in [5.41, 5.74) is 0.888. The zero-order valence-electron chi connectivity index (χ0n) is 14.6. The molecule has 1 aromatic carbocycles. The molecule has 2 N–H and O–H groups in total. The van der Waals surface area contributed by atoms with Crippen LogP contribution in [0.3, 0.4) is 0 Å². The van der Waals surface area contributed by atoms with Crippen LogP contribution in [0.25, 0.3) is 22.0 Å². The van der Waals surface area contributed by atoms with E-state index in [4.69, 9.17) is 4.74 Å². The van der Waals surface area contributed by atoms with Crippen molar-refractivity contribution < 1.29 is 24.0 Å². The van der Waals surface area contributed by atoms with Crippen molar-refractivity contribution in [3.05, 3.63) is 48.5 Å². The van der Waals surface area contributed by atoms with Gasteiger partial charge in [0.05, 0.1) is 17.3 Å². The Balaban J connectivity index is 2.22. The van der Waals surface area contributed by atoms with E-state index in [0.717, 1.165) is 4.57 Å². The number of halogens is 1. The number of benzene rings is 1. The summed E-state index contributed by atoms with van der Waals surface area (Å²) < 4.78 is 19.7. The lowest BCUT2D eigenvalue weighted by Gasteiger charge is -2.20. The van der Waals surface area contributed by atoms with Crippen LogP contribution in [-0.2, 0) is 4.74 Å². The van der Waals surface area contributed by atoms with E-state index >= 15 is 0 Å². The van der Waals surface area contributed by atoms with Gasteiger partial charge in [0, 0.05) is 17.1 Å². The number of pyridine rings is 1. The van der Waals surface area contributed by atoms with Crippen molar-refractivity contribution in [3.8, 4) is 11.1 Å². The number of aromatic nitrogens is 2. The van der Waals surface area contributed by atoms with E-state index in [-0.39, 0.29) is 11.4 Å². The maximum absolute atomic E-state index is 13.2. The number of hydrogen-bond donors (Lipinski definition) is 2. The first-order valence-electron chi connectivity index (χ1n) is 8.02. The van der Waals surface area contributed by atoms with Gasteiger partial charge in [0.15, 0.2) is 0 Å². The lowest BCUT2D eigenvalue weighted by Crippen LogP contribution is -2.41. The van der Waals surface area contributed by atoms with Crippen molar-refractivity contribution in [1.29, 1.82) is 0 Å². The number of fused-ring (bicyclic) bond motifs is 1. The van der Waals surface area contributed by atoms with E-state index in [9.17, 15) is 19.2 Å². The highest BCUT2D eigenvalue weighted by Crippen LogP contribution is 2.28. The van der Waals surface area contributed by atoms with Gasteiger partial charge in [-0.15, -0.1) is 0 Å². The van der Waals surface area contributed by atoms with Crippen LogP contribution in [0, 0.1) is 5.82 Å². The molecular weight excluding hydrogens is 338 g/mol. The van der Waals surface area contributed by atoms with E-state index in [1.54, 1.807) is 39.1 Å². The molecule has 0 fully saturated rings. The molecule has 0 aliphatic carbocycles. The molecule has 0 aliphatic rings. The van der Waals surface area contributed by atoms with Crippen LogP contribution in [-0.4, -0.2) is 38.4 Å². The molecule has 0 radical (unpaired) electrons. The van der Waals surface area contributed by atoms with Crippen LogP contribution in [0.15, 0.2) is 42.7 Å². The fourth-order valence-electron chi connectivity index (χ4n) is 2.70. The summed E-state index contributed by atoms with van der Waals surface area (Å²) in [7, 11) is -1.88. The van der Waals surface area contributed by atoms with Gasteiger partial charge in [-0.05, 0) is 44.5 Å². The van der Waals surface area contributed by atoms with Crippen molar-refractivity contribution in [2.45, 2.75) is 26.4 Å². The number of nitrogens with zero attached hydrogens (tertiary/aromatic N) is 2. The molecular formula is C18H18BFN2O4. The van der Waals surface area contributed by atoms with E-state index in [0.29, 0.717) is 22.0 Å². The molecule has 0 aliphatic heterocycles. The van der Waals surface area contributed by atoms with Crippen molar-refractivity contribution >= 4 is 29.7 Å². The monoisotopic (exact) mass is 356 g/mol. The molecule has 0 spiro atoms. The van der Waals surface area contributed by atoms with Gasteiger partial charge >= 0.3 is 13.2 Å². The number of ether oxygens (including phenoxy) is 1. The fraction of sp³-hybridized carbons (Fsp3) is 0.222. The Morgan fingerprint density at radius 1 is 1.19 bits per heavy atom. The zero-order valence-corrected chi connectivity index (χ0v) is 14.6. The maximum atomic E-state index is 13.2. The quantitative estimate of drug-likeness (QED) is 0.689. The van der Waals surface area contributed by atoms with Crippen molar-refractivity contribution in [2.75, 3.05) is 0 Å². The first kappa shape index (κ1) is 18.1. The summed E-state index contributed by atoms with van der Waals surface area (Å²) in [6.07, 6.45) is 2.27. The molecule has 134 valence electrons. The van der Waals surface area contributed by atoms with Crippen LogP contribution in [0.5, 0.6) is 0 Å². The van der Waals surface area contributed by atoms with Crippen LogP contribution in [0.1, 0.15) is 20.8 Å². The van der Waals surface area contributed by atoms with Gasteiger partial charge in [-0.2, -0.15) is 0 Å². The van der Waals surface area contributed by atoms with Crippen LogP contribution in [0.2, 0.25) is 0 Å². The summed E-state index contributed by atoms with van der Waals surface area (Å²) in [6, 6.07) is 7.31. The van der Waals surface area contributed by atoms with Gasteiger partial charge in [0.2, 0.25) is 0 Å². The molecule has 3 rings (SSSR count). The smallest absolute Gasteiger partial charge is 0.443 e. The number of carbonyl (C=O) groups is 1. The lowest BCUT2D eigenvalue weighted by atomic mass is 9.86. The second-order valence-corrected chi connectivity index (χ2v) is 6.89. The number of rotatable bonds is 2. The van der Waals surface area contributed by atoms with Crippen molar-refractivity contribution in [1.82, 2.24) is 9.55 Å². The number of carbonyl (C=O) groups excluding carboxylic acids is 1. The van der Waals surface area contributed by atoms with Crippen LogP contribution >= 0.6 is 0 Å². The average Bonchev–Trinajstić information content (AvgIpc) is 2.94. The molecule has 2 heterocycles. The minimum absolute atomic E-state index is 0.0365. The van der Waals surface area contributed by atoms with E-state index < -0.39 is 18.8 Å². The molecule has 0 atom stereocenters. The molecule has 0 saturated heterocycles. The highest BCUT2D eigenvalue weighted by molar-refractivity contribution is 6.59. The lowest BCUT2D eigenvalue weighted by molar-refractivity contribution is 0.0547. The predicted molar refractivity (Wildman–Crippen MR) is 96.6 cm³/mol. The molecule has 0 amide bonds. The second kappa shape index (κ2) is 6.55. The van der Waals surface area contributed by atoms with Crippen LogP contribution in [0.4, 0.5) is 9.18 Å². The Kier molecular flexibility index (Phi) is 4.56. The van der Waals surface area contributed by atoms with Crippen molar-refractivity contribution in [3.63, 3.8) is 0 Å². The molecule has 2 aromatic heterocycles. The molecule has 3 aromatic rings. The first-order chi connectivity index (χ1) is 12.2. The van der Waals surface area contributed by atoms with E-state index in [2.05, 4.69) is 4.98 Å². The molecule has 8 heteroatoms. The topological polar surface area (TPSA) is 84.6 Å². The summed E-state index contributed by atoms with van der Waals surface area (Å²) in [5, 5.41) is 20.0. The minimum atomic E-state index is -1.88. The largest absolute Gasteiger partial charge is 0.506 e. The average molecular weight is 356 g/mol. The van der Waals surface area contributed by atoms with E-state index in [1.807, 2.05) is 0 Å². The van der Waals surface area contributed by atoms with Crippen LogP contribution < -0.4 is 5.59 Å². The standard InChI is InChI=1S/C18H18BFN2O4/c1-18(2,3)26-17(23)22-15-10-21-9-14(11-4-6-12(20)7-5-11)13(15)8-16(22)19(24)25/h4-10,24-25H,1-3H3. The second-order valence-electron chi connectivity index (χ2n) is 6.89. The van der Waals surface area contributed by atoms with Gasteiger partial charge in [-0.25, -0.2) is 9.18 Å². The molecule has 0 saturated carbocycles. The summed E-state index contributed by atoms with van der Waals surface area (Å²) >= 11 is 0. The third-order valence-corrected chi connectivity index (χ3v) is 3.75. The molecule has 0 bridgehead atoms. The number of hydrogen-bond acceptors (Lipinski definition) is 5. The normalized spacial score (nSPS) is 11.6. The summed E-state index contributed by atoms with van der Waals surface area (Å²) in [4.78, 5) is 16.7. The SMILES string of the molecule is CC(C)(C)OC(=O)n1c(B(O)O)cc2c(-c3ccc(F)cc3)cncc21. The Morgan fingerprint density at radius 2 is 1.85 bits per heavy atom. The van der Waals surface area contributed by atoms with Crippen molar-refractivity contribution in [2.24, 2.45) is 0 Å². The Bertz CT molecular complexity index is 962. The molecule has 26 heavy (non-hydrogen) atoms. The third-order valence-electron chi connectivity index (χ3n) is 3.75. The highest BCUT2D eigenvalue weighted by atomic mass is 19.1. The third kappa shape index (κ3) is 3.47. The Morgan fingerprint density at radius 3 is 2.42 bits per heavy atom. The first-order valence-corrected chi connectivity index (χ1v) is 8.02. The fourth-order valence-corrected chi connectivity index (χ4v) is 2.70. The van der Waals surface area contributed by atoms with Gasteiger partial charge in [0.1, 0.15) is 11.4 Å². The Hall–Kier alpha value is -2.71. The van der Waals surface area contributed by atoms with Gasteiger partial charge in [-0.1, -0.05) is 12.1 Å². The van der Waals surface area contributed by atoms with Gasteiger partial charge in [-0.3, -0.25) is 9.55 Å². The predicted octanol–water partition coefficient (Wildman–Crippen LogP) is 2.31. The minimum Gasteiger partial charge on any atom is -0.443 e. The molecule has 6 nitrogen and oxygen atoms in total. The maximum Gasteiger partial charge on any atom is 0.506 e. The molecule has 0 unspecified atom stereocenters. The highest BCUT2D eigenvalue weighted by Gasteiger charge is 2.28. The zero-order chi connectivity index (χ0) is 19.1. The van der Waals surface area contributed by atoms with Gasteiger partial charge in [0.25, 0.3) is 0 Å². The Labute approximate surface area is 150 Å². The summed E-state index contributed by atoms with van der Waals surface area (Å²) in [5.74, 6) is -0.369. The summed E-state index contributed by atoms with van der Waals surface area (Å²) in [6.45, 7) is 5.15.